The van der Waals surface area contributed by atoms with Gasteiger partial charge < -0.3 is 20.1 Å². The fourth-order valence-electron chi connectivity index (χ4n) is 3.05. The molecule has 1 aliphatic rings. The number of rotatable bonds is 3. The summed E-state index contributed by atoms with van der Waals surface area (Å²) in [6.45, 7) is 0.185. The van der Waals surface area contributed by atoms with Gasteiger partial charge in [0.2, 0.25) is 6.79 Å². The third kappa shape index (κ3) is 3.41. The normalized spacial score (nSPS) is 12.2. The van der Waals surface area contributed by atoms with Crippen LogP contribution < -0.4 is 20.1 Å². The molecule has 0 atom stereocenters. The van der Waals surface area contributed by atoms with Crippen molar-refractivity contribution in [3.63, 3.8) is 0 Å². The second kappa shape index (κ2) is 6.79. The molecule has 0 unspecified atom stereocenters. The van der Waals surface area contributed by atoms with Crippen LogP contribution in [0.4, 0.5) is 16.2 Å². The molecule has 1 aliphatic heterocycles. The topological polar surface area (TPSA) is 103 Å². The van der Waals surface area contributed by atoms with E-state index in [4.69, 9.17) is 9.47 Å². The molecule has 0 bridgehead atoms. The number of benzene rings is 2. The number of nitrogens with zero attached hydrogens (tertiary/aromatic N) is 4. The van der Waals surface area contributed by atoms with Crippen molar-refractivity contribution in [2.45, 2.75) is 0 Å². The van der Waals surface area contributed by atoms with E-state index in [-0.39, 0.29) is 12.8 Å². The van der Waals surface area contributed by atoms with E-state index in [1.165, 1.54) is 0 Å². The number of carbonyl (C=O) groups is 1. The highest BCUT2D eigenvalue weighted by Crippen LogP contribution is 2.34. The molecular formula is C20H16N6O3. The van der Waals surface area contributed by atoms with E-state index in [1.54, 1.807) is 47.4 Å². The average Bonchev–Trinajstić information content (AvgIpc) is 3.35. The Labute approximate surface area is 165 Å². The van der Waals surface area contributed by atoms with Gasteiger partial charge in [-0.3, -0.25) is 9.67 Å². The lowest BCUT2D eigenvalue weighted by molar-refractivity contribution is 0.174. The van der Waals surface area contributed by atoms with Crippen molar-refractivity contribution in [1.82, 2.24) is 19.7 Å². The molecule has 0 saturated heterocycles. The Morgan fingerprint density at radius 2 is 1.79 bits per heavy atom. The zero-order valence-corrected chi connectivity index (χ0v) is 15.4. The van der Waals surface area contributed by atoms with Crippen LogP contribution in [0.2, 0.25) is 0 Å². The van der Waals surface area contributed by atoms with Crippen LogP contribution >= 0.6 is 0 Å². The molecule has 144 valence electrons. The van der Waals surface area contributed by atoms with Crippen molar-refractivity contribution >= 4 is 28.4 Å². The van der Waals surface area contributed by atoms with Crippen LogP contribution in [-0.4, -0.2) is 32.6 Å². The van der Waals surface area contributed by atoms with Crippen molar-refractivity contribution < 1.29 is 14.3 Å². The Bertz CT molecular complexity index is 1240. The standard InChI is InChI=1S/C20H16N6O3/c1-26-10-12(8-22-26)17-9-21-15-4-2-13(6-16(15)25-17)23-20(27)24-14-3-5-18-19(7-14)29-11-28-18/h2-10H,11H2,1H3,(H2,23,24,27). The number of hydrogen-bond donors (Lipinski definition) is 2. The van der Waals surface area contributed by atoms with Crippen LogP contribution in [0.1, 0.15) is 0 Å². The van der Waals surface area contributed by atoms with Crippen molar-refractivity contribution in [2.24, 2.45) is 7.05 Å². The van der Waals surface area contributed by atoms with Gasteiger partial charge >= 0.3 is 6.03 Å². The molecule has 0 saturated carbocycles. The van der Waals surface area contributed by atoms with E-state index >= 15 is 0 Å². The molecule has 2 aromatic heterocycles. The SMILES string of the molecule is Cn1cc(-c2cnc3ccc(NC(=O)Nc4ccc5c(c4)OCO5)cc3n2)cn1. The van der Waals surface area contributed by atoms with Gasteiger partial charge in [0.1, 0.15) is 0 Å². The van der Waals surface area contributed by atoms with Crippen molar-refractivity contribution in [3.8, 4) is 22.8 Å². The number of ether oxygens (including phenoxy) is 2. The second-order valence-electron chi connectivity index (χ2n) is 6.51. The summed E-state index contributed by atoms with van der Waals surface area (Å²) in [6.07, 6.45) is 5.31. The lowest BCUT2D eigenvalue weighted by Gasteiger charge is -2.09. The van der Waals surface area contributed by atoms with E-state index in [9.17, 15) is 4.79 Å². The van der Waals surface area contributed by atoms with E-state index in [1.807, 2.05) is 19.3 Å². The van der Waals surface area contributed by atoms with Gasteiger partial charge in [0.15, 0.2) is 11.5 Å². The number of amides is 2. The number of urea groups is 1. The Morgan fingerprint density at radius 1 is 1.00 bits per heavy atom. The predicted molar refractivity (Wildman–Crippen MR) is 107 cm³/mol. The molecule has 3 heterocycles. The molecule has 5 rings (SSSR count). The summed E-state index contributed by atoms with van der Waals surface area (Å²) in [5.41, 5.74) is 4.21. The van der Waals surface area contributed by atoms with Crippen LogP contribution in [0, 0.1) is 0 Å². The molecular weight excluding hydrogens is 372 g/mol. The highest BCUT2D eigenvalue weighted by molar-refractivity contribution is 6.01. The maximum atomic E-state index is 12.4. The third-order valence-corrected chi connectivity index (χ3v) is 4.43. The van der Waals surface area contributed by atoms with Gasteiger partial charge in [-0.15, -0.1) is 0 Å². The first kappa shape index (κ1) is 17.0. The summed E-state index contributed by atoms with van der Waals surface area (Å²) in [5, 5.41) is 9.74. The largest absolute Gasteiger partial charge is 0.454 e. The van der Waals surface area contributed by atoms with E-state index in [2.05, 4.69) is 25.7 Å². The lowest BCUT2D eigenvalue weighted by Crippen LogP contribution is -2.19. The molecule has 2 aromatic carbocycles. The molecule has 9 heteroatoms. The molecule has 4 aromatic rings. The van der Waals surface area contributed by atoms with Crippen LogP contribution in [0.3, 0.4) is 0 Å². The van der Waals surface area contributed by atoms with E-state index < -0.39 is 0 Å². The number of carbonyl (C=O) groups excluding carboxylic acids is 1. The minimum atomic E-state index is -0.375. The molecule has 2 N–H and O–H groups in total. The van der Waals surface area contributed by atoms with Gasteiger partial charge in [0.05, 0.1) is 29.1 Å². The first-order valence-electron chi connectivity index (χ1n) is 8.87. The number of aryl methyl sites for hydroxylation is 1. The molecule has 0 aliphatic carbocycles. The number of nitrogens with one attached hydrogen (secondary N) is 2. The summed E-state index contributed by atoms with van der Waals surface area (Å²) in [4.78, 5) is 21.4. The monoisotopic (exact) mass is 388 g/mol. The first-order chi connectivity index (χ1) is 14.1. The Kier molecular flexibility index (Phi) is 3.98. The summed E-state index contributed by atoms with van der Waals surface area (Å²) in [7, 11) is 1.85. The van der Waals surface area contributed by atoms with Crippen molar-refractivity contribution in [1.29, 1.82) is 0 Å². The zero-order valence-electron chi connectivity index (χ0n) is 15.4. The predicted octanol–water partition coefficient (Wildman–Crippen LogP) is 3.40. The van der Waals surface area contributed by atoms with Crippen LogP contribution in [0.5, 0.6) is 11.5 Å². The highest BCUT2D eigenvalue weighted by atomic mass is 16.7. The quantitative estimate of drug-likeness (QED) is 0.558. The minimum Gasteiger partial charge on any atom is -0.454 e. The second-order valence-corrected chi connectivity index (χ2v) is 6.51. The van der Waals surface area contributed by atoms with Gasteiger partial charge in [-0.25, -0.2) is 9.78 Å². The molecule has 2 amide bonds. The number of fused-ring (bicyclic) bond motifs is 2. The van der Waals surface area contributed by atoms with Gasteiger partial charge in [-0.1, -0.05) is 0 Å². The average molecular weight is 388 g/mol. The van der Waals surface area contributed by atoms with Crippen LogP contribution in [0.15, 0.2) is 55.0 Å². The summed E-state index contributed by atoms with van der Waals surface area (Å²) < 4.78 is 12.3. The Morgan fingerprint density at radius 3 is 2.62 bits per heavy atom. The fraction of sp³-hybridized carbons (Fsp3) is 0.100. The highest BCUT2D eigenvalue weighted by Gasteiger charge is 2.14. The van der Waals surface area contributed by atoms with Gasteiger partial charge in [0.25, 0.3) is 0 Å². The number of aromatic nitrogens is 4. The molecule has 0 fully saturated rings. The maximum absolute atomic E-state index is 12.4. The Balaban J connectivity index is 1.35. The minimum absolute atomic E-state index is 0.185. The van der Waals surface area contributed by atoms with Crippen LogP contribution in [-0.2, 0) is 7.05 Å². The van der Waals surface area contributed by atoms with Crippen molar-refractivity contribution in [2.75, 3.05) is 17.4 Å². The molecule has 0 spiro atoms. The van der Waals surface area contributed by atoms with Gasteiger partial charge in [-0.2, -0.15) is 5.10 Å². The number of anilines is 2. The lowest BCUT2D eigenvalue weighted by atomic mass is 10.2. The number of hydrogen-bond acceptors (Lipinski definition) is 6. The van der Waals surface area contributed by atoms with Gasteiger partial charge in [-0.05, 0) is 30.3 Å². The Hall–Kier alpha value is -4.14. The molecule has 0 radical (unpaired) electrons. The van der Waals surface area contributed by atoms with E-state index in [0.29, 0.717) is 34.1 Å². The zero-order chi connectivity index (χ0) is 19.8. The maximum Gasteiger partial charge on any atom is 0.323 e. The summed E-state index contributed by atoms with van der Waals surface area (Å²) >= 11 is 0. The van der Waals surface area contributed by atoms with Crippen LogP contribution in [0.25, 0.3) is 22.3 Å². The van der Waals surface area contributed by atoms with Gasteiger partial charge in [0, 0.05) is 36.2 Å². The first-order valence-corrected chi connectivity index (χ1v) is 8.87. The fourth-order valence-corrected chi connectivity index (χ4v) is 3.05. The summed E-state index contributed by atoms with van der Waals surface area (Å²) in [5.74, 6) is 1.26. The van der Waals surface area contributed by atoms with E-state index in [0.717, 1.165) is 11.1 Å². The summed E-state index contributed by atoms with van der Waals surface area (Å²) in [6, 6.07) is 10.2. The molecule has 29 heavy (non-hydrogen) atoms. The van der Waals surface area contributed by atoms with Crippen molar-refractivity contribution in [3.05, 3.63) is 55.0 Å². The third-order valence-electron chi connectivity index (χ3n) is 4.43. The smallest absolute Gasteiger partial charge is 0.323 e. The molecule has 9 nitrogen and oxygen atoms in total.